The molecule has 2 aromatic rings. The van der Waals surface area contributed by atoms with E-state index in [9.17, 15) is 18.0 Å². The van der Waals surface area contributed by atoms with E-state index in [4.69, 9.17) is 4.74 Å². The zero-order valence-electron chi connectivity index (χ0n) is 12.0. The number of fused-ring (bicyclic) bond motifs is 1. The van der Waals surface area contributed by atoms with Gasteiger partial charge in [-0.05, 0) is 42.5 Å². The van der Waals surface area contributed by atoms with Gasteiger partial charge in [0.15, 0.2) is 0 Å². The molecule has 0 radical (unpaired) electrons. The summed E-state index contributed by atoms with van der Waals surface area (Å²) < 4.78 is 30.2. The van der Waals surface area contributed by atoms with Crippen molar-refractivity contribution in [2.45, 2.75) is 4.90 Å². The predicted octanol–water partition coefficient (Wildman–Crippen LogP) is 1.38. The molecular weight excluding hydrogens is 320 g/mol. The number of carbonyl (C=O) groups is 2. The molecule has 0 aliphatic carbocycles. The third-order valence-electron chi connectivity index (χ3n) is 3.35. The number of ether oxygens (including phenoxy) is 1. The zero-order chi connectivity index (χ0) is 16.6. The number of rotatable bonds is 3. The van der Waals surface area contributed by atoms with Crippen molar-refractivity contribution in [3.63, 3.8) is 0 Å². The molecular formula is C15H12N2O5S. The molecule has 0 spiro atoms. The van der Waals surface area contributed by atoms with Gasteiger partial charge in [0.2, 0.25) is 0 Å². The molecule has 3 rings (SSSR count). The van der Waals surface area contributed by atoms with Crippen LogP contribution < -0.4 is 14.8 Å². The van der Waals surface area contributed by atoms with Crippen LogP contribution in [0.2, 0.25) is 0 Å². The summed E-state index contributed by atoms with van der Waals surface area (Å²) in [5.74, 6) is -0.463. The molecule has 0 bridgehead atoms. The van der Waals surface area contributed by atoms with Gasteiger partial charge in [-0.3, -0.25) is 9.59 Å². The number of methoxy groups -OCH3 is 1. The molecule has 0 fully saturated rings. The number of carbonyl (C=O) groups excluding carboxylic acids is 2. The predicted molar refractivity (Wildman–Crippen MR) is 82.0 cm³/mol. The average molecular weight is 332 g/mol. The Hall–Kier alpha value is -2.87. The van der Waals surface area contributed by atoms with Crippen LogP contribution >= 0.6 is 0 Å². The molecule has 7 nitrogen and oxygen atoms in total. The zero-order valence-corrected chi connectivity index (χ0v) is 12.8. The van der Waals surface area contributed by atoms with Gasteiger partial charge in [0.25, 0.3) is 21.8 Å². The van der Waals surface area contributed by atoms with Crippen LogP contribution in [-0.2, 0) is 10.0 Å². The number of hydrogen-bond donors (Lipinski definition) is 2. The van der Waals surface area contributed by atoms with E-state index >= 15 is 0 Å². The second-order valence-electron chi connectivity index (χ2n) is 4.83. The number of hydrogen-bond acceptors (Lipinski definition) is 5. The van der Waals surface area contributed by atoms with Crippen LogP contribution in [-0.4, -0.2) is 27.3 Å². The Balaban J connectivity index is 1.85. The second-order valence-corrected chi connectivity index (χ2v) is 6.48. The maximum absolute atomic E-state index is 12.2. The summed E-state index contributed by atoms with van der Waals surface area (Å²) >= 11 is 0. The number of amides is 2. The van der Waals surface area contributed by atoms with Crippen LogP contribution in [0.4, 0.5) is 5.69 Å². The summed E-state index contributed by atoms with van der Waals surface area (Å²) in [6.45, 7) is 0. The highest BCUT2D eigenvalue weighted by Gasteiger charge is 2.32. The van der Waals surface area contributed by atoms with Crippen molar-refractivity contribution >= 4 is 27.5 Å². The fourth-order valence-corrected chi connectivity index (χ4v) is 3.35. The van der Waals surface area contributed by atoms with Crippen LogP contribution in [0.15, 0.2) is 47.4 Å². The van der Waals surface area contributed by atoms with E-state index in [0.29, 0.717) is 17.0 Å². The summed E-state index contributed by atoms with van der Waals surface area (Å²) in [4.78, 5) is 23.7. The molecule has 0 unspecified atom stereocenters. The lowest BCUT2D eigenvalue weighted by molar-refractivity contribution is 0.0982. The average Bonchev–Trinajstić information content (AvgIpc) is 2.76. The van der Waals surface area contributed by atoms with Gasteiger partial charge in [0.05, 0.1) is 12.7 Å². The molecule has 0 saturated heterocycles. The smallest absolute Gasteiger partial charge is 0.266 e. The highest BCUT2D eigenvalue weighted by molar-refractivity contribution is 7.90. The van der Waals surface area contributed by atoms with Crippen molar-refractivity contribution in [3.8, 4) is 5.75 Å². The van der Waals surface area contributed by atoms with Gasteiger partial charge in [-0.1, -0.05) is 0 Å². The standard InChI is InChI=1S/C15H12N2O5S/c1-22-11-5-2-9(3-6-11)14(18)16-10-4-7-13-12(8-10)15(19)17-23(13,20)21/h2-8H,1H3,(H,16,18)(H,17,19). The van der Waals surface area contributed by atoms with E-state index in [1.807, 2.05) is 4.72 Å². The molecule has 0 saturated carbocycles. The molecule has 0 atom stereocenters. The Morgan fingerprint density at radius 3 is 2.48 bits per heavy atom. The second kappa shape index (κ2) is 5.40. The molecule has 1 aliphatic rings. The van der Waals surface area contributed by atoms with Crippen molar-refractivity contribution in [1.82, 2.24) is 4.72 Å². The molecule has 1 aliphatic heterocycles. The Morgan fingerprint density at radius 1 is 1.13 bits per heavy atom. The minimum absolute atomic E-state index is 0.0116. The first-order chi connectivity index (χ1) is 10.9. The number of nitrogens with one attached hydrogen (secondary N) is 2. The summed E-state index contributed by atoms with van der Waals surface area (Å²) in [6.07, 6.45) is 0. The van der Waals surface area contributed by atoms with Gasteiger partial charge in [0.1, 0.15) is 10.6 Å². The molecule has 23 heavy (non-hydrogen) atoms. The Labute approximate surface area is 132 Å². The van der Waals surface area contributed by atoms with Crippen molar-refractivity contribution in [2.75, 3.05) is 12.4 Å². The topological polar surface area (TPSA) is 102 Å². The van der Waals surface area contributed by atoms with Gasteiger partial charge in [0, 0.05) is 11.3 Å². The lowest BCUT2D eigenvalue weighted by Gasteiger charge is -2.07. The number of benzene rings is 2. The van der Waals surface area contributed by atoms with Gasteiger partial charge in [-0.2, -0.15) is 0 Å². The Kier molecular flexibility index (Phi) is 3.53. The van der Waals surface area contributed by atoms with Gasteiger partial charge in [-0.15, -0.1) is 0 Å². The van der Waals surface area contributed by atoms with E-state index in [1.165, 1.54) is 25.3 Å². The molecule has 2 aromatic carbocycles. The lowest BCUT2D eigenvalue weighted by atomic mass is 10.1. The van der Waals surface area contributed by atoms with Crippen molar-refractivity contribution < 1.29 is 22.7 Å². The van der Waals surface area contributed by atoms with Gasteiger partial charge >= 0.3 is 0 Å². The highest BCUT2D eigenvalue weighted by atomic mass is 32.2. The van der Waals surface area contributed by atoms with Crippen LogP contribution in [0, 0.1) is 0 Å². The van der Waals surface area contributed by atoms with E-state index in [0.717, 1.165) is 0 Å². The summed E-state index contributed by atoms with van der Waals surface area (Å²) in [5, 5.41) is 2.62. The first-order valence-electron chi connectivity index (χ1n) is 6.57. The quantitative estimate of drug-likeness (QED) is 0.884. The van der Waals surface area contributed by atoms with Gasteiger partial charge < -0.3 is 10.1 Å². The fourth-order valence-electron chi connectivity index (χ4n) is 2.20. The first kappa shape index (κ1) is 15.0. The van der Waals surface area contributed by atoms with Crippen molar-refractivity contribution in [3.05, 3.63) is 53.6 Å². The molecule has 1 heterocycles. The minimum Gasteiger partial charge on any atom is -0.497 e. The fraction of sp³-hybridized carbons (Fsp3) is 0.0667. The van der Waals surface area contributed by atoms with Gasteiger partial charge in [-0.25, -0.2) is 13.1 Å². The molecule has 118 valence electrons. The first-order valence-corrected chi connectivity index (χ1v) is 8.05. The molecule has 2 amide bonds. The third-order valence-corrected chi connectivity index (χ3v) is 4.74. The normalized spacial score (nSPS) is 14.7. The molecule has 0 aromatic heterocycles. The third kappa shape index (κ3) is 2.76. The van der Waals surface area contributed by atoms with E-state index in [1.54, 1.807) is 24.3 Å². The Bertz CT molecular complexity index is 904. The molecule has 2 N–H and O–H groups in total. The van der Waals surface area contributed by atoms with E-state index in [2.05, 4.69) is 5.32 Å². The highest BCUT2D eigenvalue weighted by Crippen LogP contribution is 2.25. The van der Waals surface area contributed by atoms with E-state index in [-0.39, 0.29) is 16.4 Å². The Morgan fingerprint density at radius 2 is 1.83 bits per heavy atom. The van der Waals surface area contributed by atoms with Crippen molar-refractivity contribution in [2.24, 2.45) is 0 Å². The van der Waals surface area contributed by atoms with Crippen LogP contribution in [0.3, 0.4) is 0 Å². The van der Waals surface area contributed by atoms with Crippen molar-refractivity contribution in [1.29, 1.82) is 0 Å². The SMILES string of the molecule is COc1ccc(C(=O)Nc2ccc3c(c2)C(=O)NS3(=O)=O)cc1. The maximum atomic E-state index is 12.2. The lowest BCUT2D eigenvalue weighted by Crippen LogP contribution is -2.20. The maximum Gasteiger partial charge on any atom is 0.266 e. The van der Waals surface area contributed by atoms with E-state index < -0.39 is 15.9 Å². The summed E-state index contributed by atoms with van der Waals surface area (Å²) in [7, 11) is -2.26. The number of anilines is 1. The summed E-state index contributed by atoms with van der Waals surface area (Å²) in [5.41, 5.74) is 0.748. The monoisotopic (exact) mass is 332 g/mol. The van der Waals surface area contributed by atoms with Crippen LogP contribution in [0.25, 0.3) is 0 Å². The largest absolute Gasteiger partial charge is 0.497 e. The van der Waals surface area contributed by atoms with Crippen LogP contribution in [0.1, 0.15) is 20.7 Å². The summed E-state index contributed by atoms with van der Waals surface area (Å²) in [6, 6.07) is 10.5. The van der Waals surface area contributed by atoms with Crippen LogP contribution in [0.5, 0.6) is 5.75 Å². The molecule has 8 heteroatoms. The number of sulfonamides is 1. The minimum atomic E-state index is -3.79.